The normalized spacial score (nSPS) is 13.8. The first-order valence-corrected chi connectivity index (χ1v) is 20.7. The van der Waals surface area contributed by atoms with Gasteiger partial charge in [-0.2, -0.15) is 0 Å². The Bertz CT molecular complexity index is 2770. The zero-order valence-electron chi connectivity index (χ0n) is 35.9. The number of aromatic nitrogens is 1. The largest absolute Gasteiger partial charge is 0.310 e. The summed E-state index contributed by atoms with van der Waals surface area (Å²) in [7, 11) is 0. The summed E-state index contributed by atoms with van der Waals surface area (Å²) in [6, 6.07) is 47.0. The lowest BCUT2D eigenvalue weighted by Gasteiger charge is -2.30. The van der Waals surface area contributed by atoms with Gasteiger partial charge in [0.1, 0.15) is 0 Å². The van der Waals surface area contributed by atoms with Crippen LogP contribution >= 0.6 is 0 Å². The van der Waals surface area contributed by atoms with Crippen molar-refractivity contribution in [3.8, 4) is 16.8 Å². The van der Waals surface area contributed by atoms with Gasteiger partial charge >= 0.3 is 0 Å². The molecule has 2 heteroatoms. The highest BCUT2D eigenvalue weighted by Gasteiger charge is 2.38. The summed E-state index contributed by atoms with van der Waals surface area (Å²) < 4.78 is 2.51. The molecule has 0 unspecified atom stereocenters. The monoisotopic (exact) mass is 744 g/mol. The van der Waals surface area contributed by atoms with Gasteiger partial charge in [-0.25, -0.2) is 0 Å². The van der Waals surface area contributed by atoms with Gasteiger partial charge in [0.25, 0.3) is 0 Å². The minimum Gasteiger partial charge on any atom is -0.310 e. The third-order valence-electron chi connectivity index (χ3n) is 12.6. The van der Waals surface area contributed by atoms with E-state index in [1.165, 1.54) is 111 Å². The van der Waals surface area contributed by atoms with E-state index in [9.17, 15) is 0 Å². The highest BCUT2D eigenvalue weighted by atomic mass is 15.1. The van der Waals surface area contributed by atoms with E-state index < -0.39 is 0 Å². The maximum atomic E-state index is 2.51. The zero-order chi connectivity index (χ0) is 40.3. The fourth-order valence-corrected chi connectivity index (χ4v) is 9.70. The summed E-state index contributed by atoms with van der Waals surface area (Å²) in [5.41, 5.74) is 20.4. The minimum atomic E-state index is -0.242. The van der Waals surface area contributed by atoms with Crippen molar-refractivity contribution in [1.82, 2.24) is 4.57 Å². The Kier molecular flexibility index (Phi) is 8.25. The molecular formula is C55H56N2. The van der Waals surface area contributed by atoms with Crippen LogP contribution in [-0.4, -0.2) is 4.57 Å². The smallest absolute Gasteiger partial charge is 0.0543 e. The molecule has 0 spiro atoms. The van der Waals surface area contributed by atoms with E-state index in [0.717, 1.165) is 0 Å². The molecular weight excluding hydrogens is 689 g/mol. The summed E-state index contributed by atoms with van der Waals surface area (Å²) in [6.45, 7) is 27.5. The summed E-state index contributed by atoms with van der Waals surface area (Å²) in [5, 5.41) is 5.19. The van der Waals surface area contributed by atoms with Gasteiger partial charge in [0, 0.05) is 38.6 Å². The molecule has 7 aromatic carbocycles. The first-order valence-electron chi connectivity index (χ1n) is 20.7. The molecule has 0 bridgehead atoms. The first kappa shape index (κ1) is 37.0. The average Bonchev–Trinajstić information content (AvgIpc) is 3.57. The van der Waals surface area contributed by atoms with Crippen molar-refractivity contribution in [2.24, 2.45) is 0 Å². The average molecular weight is 745 g/mol. The van der Waals surface area contributed by atoms with E-state index in [4.69, 9.17) is 0 Å². The Labute approximate surface area is 339 Å². The Morgan fingerprint density at radius 3 is 1.46 bits per heavy atom. The summed E-state index contributed by atoms with van der Waals surface area (Å²) >= 11 is 0. The molecule has 1 aliphatic rings. The van der Waals surface area contributed by atoms with Gasteiger partial charge in [-0.15, -0.1) is 0 Å². The minimum absolute atomic E-state index is 0.0567. The maximum absolute atomic E-state index is 2.51. The van der Waals surface area contributed by atoms with Crippen LogP contribution in [0.3, 0.4) is 0 Å². The van der Waals surface area contributed by atoms with Crippen molar-refractivity contribution in [1.29, 1.82) is 0 Å². The highest BCUT2D eigenvalue weighted by Crippen LogP contribution is 2.55. The number of benzene rings is 7. The van der Waals surface area contributed by atoms with Crippen LogP contribution in [0.2, 0.25) is 0 Å². The van der Waals surface area contributed by atoms with Crippen LogP contribution in [0.25, 0.3) is 49.4 Å². The van der Waals surface area contributed by atoms with Crippen LogP contribution in [0.4, 0.5) is 17.1 Å². The van der Waals surface area contributed by atoms with Gasteiger partial charge in [0.05, 0.1) is 16.7 Å². The van der Waals surface area contributed by atoms with E-state index in [1.807, 2.05) is 0 Å². The van der Waals surface area contributed by atoms with Crippen molar-refractivity contribution < 1.29 is 0 Å². The summed E-state index contributed by atoms with van der Waals surface area (Å²) in [6.07, 6.45) is 0. The van der Waals surface area contributed by atoms with Gasteiger partial charge in [0.2, 0.25) is 0 Å². The lowest BCUT2D eigenvalue weighted by molar-refractivity contribution is 0.590. The van der Waals surface area contributed by atoms with E-state index in [2.05, 4.69) is 214 Å². The number of nitrogens with zero attached hydrogens (tertiary/aromatic N) is 2. The van der Waals surface area contributed by atoms with E-state index >= 15 is 0 Å². The summed E-state index contributed by atoms with van der Waals surface area (Å²) in [5.74, 6) is 0. The molecule has 1 aliphatic carbocycles. The molecule has 1 aromatic heterocycles. The van der Waals surface area contributed by atoms with Crippen LogP contribution in [0.15, 0.2) is 121 Å². The fraction of sp³-hybridized carbons (Fsp3) is 0.273. The molecule has 2 nitrogen and oxygen atoms in total. The van der Waals surface area contributed by atoms with Crippen LogP contribution < -0.4 is 4.90 Å². The molecule has 0 saturated carbocycles. The Morgan fingerprint density at radius 2 is 0.965 bits per heavy atom. The van der Waals surface area contributed by atoms with Gasteiger partial charge in [-0.3, -0.25) is 0 Å². The first-order chi connectivity index (χ1) is 26.9. The summed E-state index contributed by atoms with van der Waals surface area (Å²) in [4.78, 5) is 2.50. The van der Waals surface area contributed by atoms with Crippen molar-refractivity contribution in [3.63, 3.8) is 0 Å². The molecule has 8 aromatic rings. The second-order valence-electron chi connectivity index (χ2n) is 19.5. The fourth-order valence-electron chi connectivity index (χ4n) is 9.70. The predicted octanol–water partition coefficient (Wildman–Crippen LogP) is 15.5. The van der Waals surface area contributed by atoms with Gasteiger partial charge in [0.15, 0.2) is 0 Å². The maximum Gasteiger partial charge on any atom is 0.0543 e. The van der Waals surface area contributed by atoms with Crippen molar-refractivity contribution >= 4 is 49.6 Å². The third-order valence-corrected chi connectivity index (χ3v) is 12.6. The van der Waals surface area contributed by atoms with E-state index in [-0.39, 0.29) is 16.2 Å². The molecule has 0 N–H and O–H groups in total. The van der Waals surface area contributed by atoms with Crippen molar-refractivity contribution in [2.75, 3.05) is 4.90 Å². The number of aryl methyl sites for hydroxylation is 4. The molecule has 57 heavy (non-hydrogen) atoms. The molecule has 0 atom stereocenters. The van der Waals surface area contributed by atoms with Crippen LogP contribution in [0.5, 0.6) is 0 Å². The second-order valence-corrected chi connectivity index (χ2v) is 19.5. The Balaban J connectivity index is 1.28. The van der Waals surface area contributed by atoms with Gasteiger partial charge in [-0.1, -0.05) is 110 Å². The van der Waals surface area contributed by atoms with Gasteiger partial charge < -0.3 is 9.47 Å². The molecule has 0 amide bonds. The molecule has 0 saturated heterocycles. The quantitative estimate of drug-likeness (QED) is 0.174. The molecule has 9 rings (SSSR count). The molecule has 1 heterocycles. The third kappa shape index (κ3) is 5.99. The lowest BCUT2D eigenvalue weighted by atomic mass is 9.81. The van der Waals surface area contributed by atoms with E-state index in [0.29, 0.717) is 0 Å². The van der Waals surface area contributed by atoms with Crippen LogP contribution in [0.1, 0.15) is 99.9 Å². The number of rotatable bonds is 4. The second kappa shape index (κ2) is 12.7. The highest BCUT2D eigenvalue weighted by molar-refractivity contribution is 6.12. The number of fused-ring (bicyclic) bond motifs is 8. The topological polar surface area (TPSA) is 8.17 Å². The molecule has 0 fully saturated rings. The molecule has 0 radical (unpaired) electrons. The van der Waals surface area contributed by atoms with E-state index in [1.54, 1.807) is 0 Å². The van der Waals surface area contributed by atoms with Crippen LogP contribution in [0, 0.1) is 27.7 Å². The predicted molar refractivity (Wildman–Crippen MR) is 247 cm³/mol. The zero-order valence-corrected chi connectivity index (χ0v) is 35.9. The lowest BCUT2D eigenvalue weighted by Crippen LogP contribution is -2.17. The van der Waals surface area contributed by atoms with Crippen molar-refractivity contribution in [3.05, 3.63) is 166 Å². The Hall–Kier alpha value is -5.60. The standard InChI is InChI=1S/C55H56N2/c1-33-23-34(2)26-40(25-33)56(41-27-35(3)24-36(4)28-41)51-32-48-52(43-16-14-13-15-42(43)51)44-20-19-39(31-47(44)55(48,11)12)57-49-21-17-37(53(5,6)7)29-45(49)46-30-38(54(8,9)10)18-22-50(46)57/h13-32H,1-12H3. The molecule has 286 valence electrons. The molecule has 0 aliphatic heterocycles. The number of hydrogen-bond donors (Lipinski definition) is 0. The SMILES string of the molecule is Cc1cc(C)cc(N(c2cc(C)cc(C)c2)c2cc3c(c4ccccc24)-c2ccc(-n4c5ccc(C(C)(C)C)cc5c5cc(C(C)(C)C)ccc54)cc2C3(C)C)c1. The van der Waals surface area contributed by atoms with Crippen molar-refractivity contribution in [2.45, 2.75) is 99.3 Å². The Morgan fingerprint density at radius 1 is 0.474 bits per heavy atom. The number of hydrogen-bond acceptors (Lipinski definition) is 1. The van der Waals surface area contributed by atoms with Crippen LogP contribution in [-0.2, 0) is 16.2 Å². The van der Waals surface area contributed by atoms with Gasteiger partial charge in [-0.05, 0) is 166 Å². The number of anilines is 3.